The molecule has 2 N–H and O–H groups in total. The molecular formula is C16H28N2. The Morgan fingerprint density at radius 1 is 1.11 bits per heavy atom. The van der Waals surface area contributed by atoms with Gasteiger partial charge in [-0.1, -0.05) is 44.2 Å². The van der Waals surface area contributed by atoms with Gasteiger partial charge in [-0.15, -0.1) is 0 Å². The van der Waals surface area contributed by atoms with Crippen molar-refractivity contribution in [2.24, 2.45) is 11.7 Å². The highest BCUT2D eigenvalue weighted by molar-refractivity contribution is 5.14. The minimum Gasteiger partial charge on any atom is -0.327 e. The molecule has 0 aliphatic carbocycles. The largest absolute Gasteiger partial charge is 0.327 e. The fourth-order valence-electron chi connectivity index (χ4n) is 2.13. The average molecular weight is 248 g/mol. The van der Waals surface area contributed by atoms with Crippen molar-refractivity contribution in [3.8, 4) is 0 Å². The molecule has 0 heterocycles. The fraction of sp³-hybridized carbons (Fsp3) is 0.625. The monoisotopic (exact) mass is 248 g/mol. The molecule has 0 fully saturated rings. The van der Waals surface area contributed by atoms with Crippen LogP contribution in [-0.2, 0) is 6.42 Å². The lowest BCUT2D eigenvalue weighted by atomic mass is 10.0. The number of hydrogen-bond acceptors (Lipinski definition) is 2. The summed E-state index contributed by atoms with van der Waals surface area (Å²) < 4.78 is 0. The van der Waals surface area contributed by atoms with Gasteiger partial charge in [0.05, 0.1) is 0 Å². The van der Waals surface area contributed by atoms with Crippen LogP contribution in [0.4, 0.5) is 0 Å². The SMILES string of the molecule is CC(C)C(C)N(C)CC(N)CCc1ccccc1. The topological polar surface area (TPSA) is 29.3 Å². The molecule has 18 heavy (non-hydrogen) atoms. The Morgan fingerprint density at radius 3 is 2.28 bits per heavy atom. The van der Waals surface area contributed by atoms with Crippen LogP contribution in [0.5, 0.6) is 0 Å². The first-order chi connectivity index (χ1) is 8.50. The second-order valence-corrected chi connectivity index (χ2v) is 5.71. The number of rotatable bonds is 7. The third-order valence-corrected chi connectivity index (χ3v) is 3.83. The molecule has 2 heteroatoms. The predicted octanol–water partition coefficient (Wildman–Crippen LogP) is 2.92. The van der Waals surface area contributed by atoms with Gasteiger partial charge < -0.3 is 10.6 Å². The molecule has 1 aromatic carbocycles. The highest BCUT2D eigenvalue weighted by atomic mass is 15.1. The lowest BCUT2D eigenvalue weighted by Crippen LogP contribution is -2.42. The summed E-state index contributed by atoms with van der Waals surface area (Å²) in [6, 6.07) is 11.4. The van der Waals surface area contributed by atoms with Gasteiger partial charge in [-0.05, 0) is 38.3 Å². The van der Waals surface area contributed by atoms with E-state index in [1.165, 1.54) is 5.56 Å². The van der Waals surface area contributed by atoms with Crippen LogP contribution in [0.2, 0.25) is 0 Å². The van der Waals surface area contributed by atoms with Gasteiger partial charge >= 0.3 is 0 Å². The van der Waals surface area contributed by atoms with Crippen molar-refractivity contribution in [2.45, 2.75) is 45.7 Å². The van der Waals surface area contributed by atoms with E-state index in [-0.39, 0.29) is 6.04 Å². The summed E-state index contributed by atoms with van der Waals surface area (Å²) in [5.41, 5.74) is 7.60. The van der Waals surface area contributed by atoms with Crippen LogP contribution < -0.4 is 5.73 Å². The van der Waals surface area contributed by atoms with Crippen LogP contribution in [0.25, 0.3) is 0 Å². The van der Waals surface area contributed by atoms with Crippen molar-refractivity contribution in [2.75, 3.05) is 13.6 Å². The van der Waals surface area contributed by atoms with Gasteiger partial charge in [0.15, 0.2) is 0 Å². The number of aryl methyl sites for hydroxylation is 1. The lowest BCUT2D eigenvalue weighted by molar-refractivity contribution is 0.195. The summed E-state index contributed by atoms with van der Waals surface area (Å²) >= 11 is 0. The van der Waals surface area contributed by atoms with E-state index < -0.39 is 0 Å². The molecule has 0 bridgehead atoms. The van der Waals surface area contributed by atoms with Crippen molar-refractivity contribution in [1.29, 1.82) is 0 Å². The maximum absolute atomic E-state index is 6.22. The van der Waals surface area contributed by atoms with Gasteiger partial charge in [0.1, 0.15) is 0 Å². The fourth-order valence-corrected chi connectivity index (χ4v) is 2.13. The number of likely N-dealkylation sites (N-methyl/N-ethyl adjacent to an activating group) is 1. The Bertz CT molecular complexity index is 321. The zero-order valence-electron chi connectivity index (χ0n) is 12.3. The third-order valence-electron chi connectivity index (χ3n) is 3.83. The zero-order chi connectivity index (χ0) is 13.5. The van der Waals surface area contributed by atoms with Gasteiger partial charge in [-0.3, -0.25) is 0 Å². The summed E-state index contributed by atoms with van der Waals surface area (Å²) in [5.74, 6) is 0.677. The molecule has 0 radical (unpaired) electrons. The highest BCUT2D eigenvalue weighted by Gasteiger charge is 2.15. The minimum atomic E-state index is 0.261. The third kappa shape index (κ3) is 5.19. The number of nitrogens with zero attached hydrogens (tertiary/aromatic N) is 1. The van der Waals surface area contributed by atoms with E-state index >= 15 is 0 Å². The van der Waals surface area contributed by atoms with Crippen LogP contribution in [0.15, 0.2) is 30.3 Å². The maximum atomic E-state index is 6.22. The summed E-state index contributed by atoms with van der Waals surface area (Å²) in [6.45, 7) is 7.77. The van der Waals surface area contributed by atoms with Crippen molar-refractivity contribution in [3.05, 3.63) is 35.9 Å². The van der Waals surface area contributed by atoms with Gasteiger partial charge in [0.25, 0.3) is 0 Å². The standard InChI is InChI=1S/C16H28N2/c1-13(2)14(3)18(4)12-16(17)11-10-15-8-6-5-7-9-15/h5-9,13-14,16H,10-12,17H2,1-4H3. The van der Waals surface area contributed by atoms with Crippen LogP contribution >= 0.6 is 0 Å². The number of nitrogens with two attached hydrogens (primary N) is 1. The Morgan fingerprint density at radius 2 is 1.72 bits per heavy atom. The first kappa shape index (κ1) is 15.2. The molecule has 0 aromatic heterocycles. The quantitative estimate of drug-likeness (QED) is 0.804. The average Bonchev–Trinajstić information content (AvgIpc) is 2.36. The van der Waals surface area contributed by atoms with Crippen LogP contribution in [0.3, 0.4) is 0 Å². The van der Waals surface area contributed by atoms with E-state index in [1.807, 2.05) is 0 Å². The molecular weight excluding hydrogens is 220 g/mol. The van der Waals surface area contributed by atoms with Crippen molar-refractivity contribution in [1.82, 2.24) is 4.90 Å². The minimum absolute atomic E-state index is 0.261. The van der Waals surface area contributed by atoms with E-state index in [0.29, 0.717) is 12.0 Å². The van der Waals surface area contributed by atoms with Crippen LogP contribution in [-0.4, -0.2) is 30.6 Å². The molecule has 102 valence electrons. The molecule has 2 nitrogen and oxygen atoms in total. The second kappa shape index (κ2) is 7.55. The summed E-state index contributed by atoms with van der Waals surface area (Å²) in [4.78, 5) is 2.38. The molecule has 0 aliphatic heterocycles. The smallest absolute Gasteiger partial charge is 0.0170 e. The van der Waals surface area contributed by atoms with E-state index in [0.717, 1.165) is 19.4 Å². The molecule has 1 aromatic rings. The maximum Gasteiger partial charge on any atom is 0.0170 e. The van der Waals surface area contributed by atoms with E-state index in [9.17, 15) is 0 Å². The first-order valence-corrected chi connectivity index (χ1v) is 7.00. The predicted molar refractivity (Wildman–Crippen MR) is 79.7 cm³/mol. The molecule has 0 spiro atoms. The Kier molecular flexibility index (Phi) is 6.37. The van der Waals surface area contributed by atoms with E-state index in [4.69, 9.17) is 5.73 Å². The van der Waals surface area contributed by atoms with Gasteiger partial charge in [-0.2, -0.15) is 0 Å². The van der Waals surface area contributed by atoms with Gasteiger partial charge in [0, 0.05) is 18.6 Å². The van der Waals surface area contributed by atoms with Crippen LogP contribution in [0, 0.1) is 5.92 Å². The van der Waals surface area contributed by atoms with Crippen LogP contribution in [0.1, 0.15) is 32.8 Å². The van der Waals surface area contributed by atoms with E-state index in [1.54, 1.807) is 0 Å². The normalized spacial score (nSPS) is 15.1. The number of benzene rings is 1. The summed E-state index contributed by atoms with van der Waals surface area (Å²) in [7, 11) is 2.17. The molecule has 2 atom stereocenters. The molecule has 0 amide bonds. The summed E-state index contributed by atoms with van der Waals surface area (Å²) in [6.07, 6.45) is 2.13. The molecule has 0 aliphatic rings. The van der Waals surface area contributed by atoms with Crippen molar-refractivity contribution < 1.29 is 0 Å². The lowest BCUT2D eigenvalue weighted by Gasteiger charge is -2.30. The second-order valence-electron chi connectivity index (χ2n) is 5.71. The highest BCUT2D eigenvalue weighted by Crippen LogP contribution is 2.10. The molecule has 0 saturated heterocycles. The Labute approximate surface area is 112 Å². The molecule has 2 unspecified atom stereocenters. The van der Waals surface area contributed by atoms with Crippen molar-refractivity contribution >= 4 is 0 Å². The number of hydrogen-bond donors (Lipinski definition) is 1. The Hall–Kier alpha value is -0.860. The van der Waals surface area contributed by atoms with Gasteiger partial charge in [0.2, 0.25) is 0 Å². The van der Waals surface area contributed by atoms with E-state index in [2.05, 4.69) is 63.1 Å². The Balaban J connectivity index is 2.31. The molecule has 1 rings (SSSR count). The first-order valence-electron chi connectivity index (χ1n) is 7.00. The van der Waals surface area contributed by atoms with Gasteiger partial charge in [-0.25, -0.2) is 0 Å². The zero-order valence-corrected chi connectivity index (χ0v) is 12.3. The summed E-state index contributed by atoms with van der Waals surface area (Å²) in [5, 5.41) is 0. The van der Waals surface area contributed by atoms with Crippen molar-refractivity contribution in [3.63, 3.8) is 0 Å². The molecule has 0 saturated carbocycles.